The van der Waals surface area contributed by atoms with Crippen LogP contribution >= 0.6 is 12.2 Å². The van der Waals surface area contributed by atoms with Crippen LogP contribution in [0.15, 0.2) is 47.6 Å². The fourth-order valence-electron chi connectivity index (χ4n) is 2.08. The van der Waals surface area contributed by atoms with E-state index in [0.29, 0.717) is 10.7 Å². The molecule has 0 saturated carbocycles. The molecule has 118 valence electrons. The Bertz CT molecular complexity index is 754. The largest absolute Gasteiger partial charge is 0.331 e. The minimum atomic E-state index is -0.450. The van der Waals surface area contributed by atoms with Gasteiger partial charge in [0.2, 0.25) is 0 Å². The highest BCUT2D eigenvalue weighted by Gasteiger charge is 2.10. The van der Waals surface area contributed by atoms with Crippen molar-refractivity contribution in [1.82, 2.24) is 5.43 Å². The Labute approximate surface area is 139 Å². The quantitative estimate of drug-likeness (QED) is 0.388. The van der Waals surface area contributed by atoms with Gasteiger partial charge >= 0.3 is 0 Å². The van der Waals surface area contributed by atoms with Crippen LogP contribution in [0.1, 0.15) is 16.7 Å². The lowest BCUT2D eigenvalue weighted by Crippen LogP contribution is -2.24. The maximum Gasteiger partial charge on any atom is 0.278 e. The molecule has 0 aromatic heterocycles. The van der Waals surface area contributed by atoms with Gasteiger partial charge < -0.3 is 5.32 Å². The molecule has 23 heavy (non-hydrogen) atoms. The van der Waals surface area contributed by atoms with Gasteiger partial charge in [0.25, 0.3) is 5.69 Å². The van der Waals surface area contributed by atoms with Crippen LogP contribution in [0.25, 0.3) is 0 Å². The van der Waals surface area contributed by atoms with Crippen LogP contribution in [0.5, 0.6) is 0 Å². The lowest BCUT2D eigenvalue weighted by atomic mass is 10.1. The van der Waals surface area contributed by atoms with Gasteiger partial charge in [0.15, 0.2) is 5.11 Å². The summed E-state index contributed by atoms with van der Waals surface area (Å²) in [6, 6.07) is 12.3. The van der Waals surface area contributed by atoms with E-state index in [1.54, 1.807) is 18.2 Å². The van der Waals surface area contributed by atoms with Crippen LogP contribution in [0, 0.1) is 24.0 Å². The average Bonchev–Trinajstić information content (AvgIpc) is 2.51. The van der Waals surface area contributed by atoms with Crippen molar-refractivity contribution in [1.29, 1.82) is 0 Å². The smallest absolute Gasteiger partial charge is 0.278 e. The number of hydrazone groups is 1. The molecule has 0 saturated heterocycles. The molecule has 0 radical (unpaired) electrons. The van der Waals surface area contributed by atoms with Crippen LogP contribution in [-0.4, -0.2) is 16.3 Å². The van der Waals surface area contributed by atoms with Crippen molar-refractivity contribution in [2.45, 2.75) is 13.8 Å². The summed E-state index contributed by atoms with van der Waals surface area (Å²) >= 11 is 5.19. The van der Waals surface area contributed by atoms with E-state index >= 15 is 0 Å². The first-order chi connectivity index (χ1) is 11.0. The molecule has 0 bridgehead atoms. The van der Waals surface area contributed by atoms with E-state index in [0.717, 1.165) is 16.8 Å². The monoisotopic (exact) mass is 328 g/mol. The maximum atomic E-state index is 10.9. The van der Waals surface area contributed by atoms with Crippen molar-refractivity contribution < 1.29 is 4.92 Å². The molecule has 0 fully saturated rings. The van der Waals surface area contributed by atoms with E-state index < -0.39 is 4.92 Å². The van der Waals surface area contributed by atoms with Crippen molar-refractivity contribution in [3.63, 3.8) is 0 Å². The molecule has 2 rings (SSSR count). The molecule has 0 heterocycles. The Morgan fingerprint density at radius 3 is 2.48 bits per heavy atom. The highest BCUT2D eigenvalue weighted by atomic mass is 32.1. The highest BCUT2D eigenvalue weighted by molar-refractivity contribution is 7.80. The van der Waals surface area contributed by atoms with Crippen LogP contribution < -0.4 is 10.7 Å². The molecule has 0 unspecified atom stereocenters. The number of rotatable bonds is 4. The number of hydrogen-bond donors (Lipinski definition) is 2. The summed E-state index contributed by atoms with van der Waals surface area (Å²) in [5.41, 5.74) is 6.12. The Hall–Kier alpha value is -2.80. The first kappa shape index (κ1) is 16.6. The van der Waals surface area contributed by atoms with Gasteiger partial charge in [-0.15, -0.1) is 0 Å². The van der Waals surface area contributed by atoms with Crippen molar-refractivity contribution in [3.8, 4) is 0 Å². The van der Waals surface area contributed by atoms with Crippen LogP contribution in [0.3, 0.4) is 0 Å². The van der Waals surface area contributed by atoms with Crippen molar-refractivity contribution in [2.24, 2.45) is 5.10 Å². The molecule has 0 atom stereocenters. The summed E-state index contributed by atoms with van der Waals surface area (Å²) in [4.78, 5) is 10.5. The molecule has 2 aromatic rings. The van der Waals surface area contributed by atoms with E-state index in [4.69, 9.17) is 12.2 Å². The number of nitro groups is 1. The fourth-order valence-corrected chi connectivity index (χ4v) is 2.23. The third-order valence-corrected chi connectivity index (χ3v) is 3.42. The zero-order chi connectivity index (χ0) is 16.8. The Kier molecular flexibility index (Phi) is 5.37. The molecule has 0 aliphatic rings. The van der Waals surface area contributed by atoms with E-state index in [-0.39, 0.29) is 5.69 Å². The van der Waals surface area contributed by atoms with Crippen LogP contribution in [0.4, 0.5) is 11.4 Å². The van der Waals surface area contributed by atoms with Crippen molar-refractivity contribution in [2.75, 3.05) is 5.32 Å². The predicted molar refractivity (Wildman–Crippen MR) is 96.0 cm³/mol. The molecule has 0 aliphatic heterocycles. The number of nitro benzene ring substituents is 1. The van der Waals surface area contributed by atoms with Crippen molar-refractivity contribution in [3.05, 3.63) is 69.3 Å². The van der Waals surface area contributed by atoms with E-state index in [1.807, 2.05) is 32.0 Å². The normalized spacial score (nSPS) is 10.5. The average molecular weight is 328 g/mol. The summed E-state index contributed by atoms with van der Waals surface area (Å²) in [5.74, 6) is 0. The molecule has 0 aliphatic carbocycles. The van der Waals surface area contributed by atoms with Crippen LogP contribution in [0.2, 0.25) is 0 Å². The zero-order valence-corrected chi connectivity index (χ0v) is 13.6. The van der Waals surface area contributed by atoms with Gasteiger partial charge in [-0.3, -0.25) is 15.5 Å². The molecular weight excluding hydrogens is 312 g/mol. The van der Waals surface area contributed by atoms with Gasteiger partial charge in [-0.2, -0.15) is 5.10 Å². The number of anilines is 1. The predicted octanol–water partition coefficient (Wildman–Crippen LogP) is 3.53. The first-order valence-electron chi connectivity index (χ1n) is 6.88. The Morgan fingerprint density at radius 2 is 1.83 bits per heavy atom. The summed E-state index contributed by atoms with van der Waals surface area (Å²) in [7, 11) is 0. The number of nitrogens with zero attached hydrogens (tertiary/aromatic N) is 2. The molecule has 0 amide bonds. The Balaban J connectivity index is 2.04. The summed E-state index contributed by atoms with van der Waals surface area (Å²) in [6.45, 7) is 3.96. The van der Waals surface area contributed by atoms with E-state index in [1.165, 1.54) is 12.3 Å². The third kappa shape index (κ3) is 4.33. The zero-order valence-electron chi connectivity index (χ0n) is 12.7. The van der Waals surface area contributed by atoms with Gasteiger partial charge in [0, 0.05) is 11.8 Å². The molecule has 2 aromatic carbocycles. The molecule has 0 spiro atoms. The number of aryl methyl sites for hydroxylation is 2. The lowest BCUT2D eigenvalue weighted by Gasteiger charge is -2.12. The number of benzene rings is 2. The minimum absolute atomic E-state index is 0.00771. The van der Waals surface area contributed by atoms with Crippen LogP contribution in [-0.2, 0) is 0 Å². The number of para-hydroxylation sites is 2. The molecule has 2 N–H and O–H groups in total. The first-order valence-corrected chi connectivity index (χ1v) is 7.29. The maximum absolute atomic E-state index is 10.9. The summed E-state index contributed by atoms with van der Waals surface area (Å²) < 4.78 is 0. The van der Waals surface area contributed by atoms with Crippen molar-refractivity contribution >= 4 is 34.9 Å². The number of hydrogen-bond acceptors (Lipinski definition) is 4. The second-order valence-corrected chi connectivity index (χ2v) is 5.32. The van der Waals surface area contributed by atoms with Gasteiger partial charge in [-0.25, -0.2) is 0 Å². The molecule has 6 nitrogen and oxygen atoms in total. The fraction of sp³-hybridized carbons (Fsp3) is 0.125. The Morgan fingerprint density at radius 1 is 1.17 bits per heavy atom. The van der Waals surface area contributed by atoms with Gasteiger partial charge in [-0.05, 0) is 43.3 Å². The van der Waals surface area contributed by atoms with E-state index in [9.17, 15) is 10.1 Å². The topological polar surface area (TPSA) is 79.6 Å². The second-order valence-electron chi connectivity index (χ2n) is 4.91. The lowest BCUT2D eigenvalue weighted by molar-refractivity contribution is -0.385. The molecule has 7 heteroatoms. The molecular formula is C16H16N4O2S. The summed E-state index contributed by atoms with van der Waals surface area (Å²) in [5, 5.41) is 18.3. The highest BCUT2D eigenvalue weighted by Crippen LogP contribution is 2.19. The standard InChI is InChI=1S/C16H16N4O2S/c1-11-6-5-7-12(2)15(11)18-16(23)19-17-10-13-8-3-4-9-14(13)20(21)22/h3-10H,1-2H3,(H2,18,19,23)/b17-10-. The minimum Gasteiger partial charge on any atom is -0.331 e. The van der Waals surface area contributed by atoms with E-state index in [2.05, 4.69) is 15.8 Å². The summed E-state index contributed by atoms with van der Waals surface area (Å²) in [6.07, 6.45) is 1.37. The second kappa shape index (κ2) is 7.46. The van der Waals surface area contributed by atoms with Gasteiger partial charge in [0.05, 0.1) is 16.7 Å². The SMILES string of the molecule is Cc1cccc(C)c1NC(=S)N/N=C\c1ccccc1[N+](=O)[O-]. The number of nitrogens with one attached hydrogen (secondary N) is 2. The van der Waals surface area contributed by atoms with Gasteiger partial charge in [-0.1, -0.05) is 30.3 Å². The third-order valence-electron chi connectivity index (χ3n) is 3.22. The van der Waals surface area contributed by atoms with Gasteiger partial charge in [0.1, 0.15) is 0 Å². The number of thiocarbonyl (C=S) groups is 1.